The van der Waals surface area contributed by atoms with Gasteiger partial charge in [-0.25, -0.2) is 0 Å². The monoisotopic (exact) mass is 317 g/mol. The van der Waals surface area contributed by atoms with Crippen molar-refractivity contribution in [3.8, 4) is 0 Å². The van der Waals surface area contributed by atoms with E-state index in [1.165, 1.54) is 4.90 Å². The predicted octanol–water partition coefficient (Wildman–Crippen LogP) is 0.946. The van der Waals surface area contributed by atoms with E-state index in [9.17, 15) is 14.7 Å². The number of rotatable bonds is 5. The molecule has 1 atom stereocenters. The molecule has 0 radical (unpaired) electrons. The molecule has 1 aromatic heterocycles. The Bertz CT molecular complexity index is 559. The molecule has 2 aliphatic rings. The summed E-state index contributed by atoms with van der Waals surface area (Å²) in [4.78, 5) is 32.2. The number of aromatic nitrogens is 1. The van der Waals surface area contributed by atoms with Crippen molar-refractivity contribution in [2.75, 3.05) is 13.1 Å². The highest BCUT2D eigenvalue weighted by molar-refractivity contribution is 5.87. The molecule has 2 fully saturated rings. The summed E-state index contributed by atoms with van der Waals surface area (Å²) in [6, 6.07) is 4.09. The lowest BCUT2D eigenvalue weighted by Gasteiger charge is -2.27. The zero-order valence-electron chi connectivity index (χ0n) is 13.2. The molecule has 0 aromatic carbocycles. The van der Waals surface area contributed by atoms with Crippen LogP contribution in [-0.2, 0) is 16.1 Å². The molecule has 23 heavy (non-hydrogen) atoms. The van der Waals surface area contributed by atoms with Crippen LogP contribution >= 0.6 is 0 Å². The van der Waals surface area contributed by atoms with E-state index in [0.29, 0.717) is 19.5 Å². The molecule has 1 aliphatic heterocycles. The van der Waals surface area contributed by atoms with Crippen LogP contribution in [0.2, 0.25) is 0 Å². The van der Waals surface area contributed by atoms with Gasteiger partial charge in [-0.15, -0.1) is 0 Å². The zero-order chi connectivity index (χ0) is 16.2. The molecule has 1 aliphatic carbocycles. The highest BCUT2D eigenvalue weighted by Gasteiger charge is 2.34. The second-order valence-electron chi connectivity index (χ2n) is 6.38. The van der Waals surface area contributed by atoms with Crippen LogP contribution in [-0.4, -0.2) is 56.9 Å². The van der Waals surface area contributed by atoms with Gasteiger partial charge in [0.25, 0.3) is 5.91 Å². The van der Waals surface area contributed by atoms with Crippen LogP contribution in [0.5, 0.6) is 0 Å². The third-order valence-corrected chi connectivity index (χ3v) is 4.49. The summed E-state index contributed by atoms with van der Waals surface area (Å²) in [6.07, 6.45) is 6.68. The lowest BCUT2D eigenvalue weighted by molar-refractivity contribution is -0.145. The van der Waals surface area contributed by atoms with Gasteiger partial charge in [-0.05, 0) is 49.8 Å². The number of hydrogen-bond donors (Lipinski definition) is 1. The second kappa shape index (κ2) is 7.08. The van der Waals surface area contributed by atoms with E-state index in [0.717, 1.165) is 31.2 Å². The first-order valence-electron chi connectivity index (χ1n) is 8.30. The Balaban J connectivity index is 1.65. The van der Waals surface area contributed by atoms with E-state index < -0.39 is 6.10 Å². The number of hydrogen-bond acceptors (Lipinski definition) is 4. The molecule has 0 bridgehead atoms. The van der Waals surface area contributed by atoms with E-state index >= 15 is 0 Å². The van der Waals surface area contributed by atoms with Crippen LogP contribution in [0.3, 0.4) is 0 Å². The summed E-state index contributed by atoms with van der Waals surface area (Å²) in [5, 5.41) is 9.81. The summed E-state index contributed by atoms with van der Waals surface area (Å²) in [6.45, 7) is 1.17. The van der Waals surface area contributed by atoms with E-state index in [1.54, 1.807) is 12.4 Å². The Morgan fingerprint density at radius 1 is 1.26 bits per heavy atom. The number of aliphatic hydroxyl groups is 1. The van der Waals surface area contributed by atoms with E-state index in [-0.39, 0.29) is 24.4 Å². The largest absolute Gasteiger partial charge is 0.383 e. The topological polar surface area (TPSA) is 73.7 Å². The first kappa shape index (κ1) is 15.9. The van der Waals surface area contributed by atoms with Gasteiger partial charge in [0.1, 0.15) is 6.10 Å². The fourth-order valence-electron chi connectivity index (χ4n) is 2.99. The molecule has 2 amide bonds. The molecule has 6 heteroatoms. The fraction of sp³-hybridized carbons (Fsp3) is 0.588. The number of likely N-dealkylation sites (tertiary alicyclic amines) is 1. The average molecular weight is 317 g/mol. The third kappa shape index (κ3) is 4.07. The van der Waals surface area contributed by atoms with Crippen molar-refractivity contribution < 1.29 is 14.7 Å². The molecule has 1 N–H and O–H groups in total. The number of carbonyl (C=O) groups is 2. The van der Waals surface area contributed by atoms with Crippen LogP contribution in [0.15, 0.2) is 24.5 Å². The fourth-order valence-corrected chi connectivity index (χ4v) is 2.99. The molecular weight excluding hydrogens is 294 g/mol. The van der Waals surface area contributed by atoms with Crippen LogP contribution < -0.4 is 0 Å². The van der Waals surface area contributed by atoms with Gasteiger partial charge >= 0.3 is 0 Å². The van der Waals surface area contributed by atoms with Gasteiger partial charge in [0.05, 0.1) is 6.54 Å². The van der Waals surface area contributed by atoms with Crippen molar-refractivity contribution in [2.45, 2.75) is 50.8 Å². The van der Waals surface area contributed by atoms with Crippen molar-refractivity contribution in [3.05, 3.63) is 30.1 Å². The molecule has 1 saturated carbocycles. The quantitative estimate of drug-likeness (QED) is 0.877. The lowest BCUT2D eigenvalue weighted by atomic mass is 10.2. The lowest BCUT2D eigenvalue weighted by Crippen LogP contribution is -2.46. The number of carbonyl (C=O) groups excluding carboxylic acids is 2. The molecule has 1 saturated heterocycles. The number of pyridine rings is 1. The molecule has 1 aromatic rings. The average Bonchev–Trinajstić information content (AvgIpc) is 3.40. The van der Waals surface area contributed by atoms with Crippen molar-refractivity contribution in [3.63, 3.8) is 0 Å². The minimum absolute atomic E-state index is 0.0354. The SMILES string of the molecule is O=C1C(O)CCCCN1CC(=O)N(Cc1ccncc1)C1CC1. The van der Waals surface area contributed by atoms with Crippen LogP contribution in [0.4, 0.5) is 0 Å². The standard InChI is InChI=1S/C17H23N3O3/c21-15-3-1-2-10-19(17(15)23)12-16(22)20(14-4-5-14)11-13-6-8-18-9-7-13/h6-9,14-15,21H,1-5,10-12H2. The van der Waals surface area contributed by atoms with Crippen molar-refractivity contribution in [1.82, 2.24) is 14.8 Å². The van der Waals surface area contributed by atoms with Gasteiger partial charge in [0.2, 0.25) is 5.91 Å². The summed E-state index contributed by atoms with van der Waals surface area (Å²) in [5.74, 6) is -0.345. The van der Waals surface area contributed by atoms with Gasteiger partial charge in [0.15, 0.2) is 0 Å². The van der Waals surface area contributed by atoms with E-state index in [1.807, 2.05) is 17.0 Å². The zero-order valence-corrected chi connectivity index (χ0v) is 13.2. The van der Waals surface area contributed by atoms with Crippen molar-refractivity contribution in [1.29, 1.82) is 0 Å². The summed E-state index contributed by atoms with van der Waals surface area (Å²) in [5.41, 5.74) is 1.04. The summed E-state index contributed by atoms with van der Waals surface area (Å²) >= 11 is 0. The first-order chi connectivity index (χ1) is 11.1. The van der Waals surface area contributed by atoms with Crippen LogP contribution in [0, 0.1) is 0 Å². The van der Waals surface area contributed by atoms with E-state index in [4.69, 9.17) is 0 Å². The van der Waals surface area contributed by atoms with Gasteiger partial charge in [-0.1, -0.05) is 0 Å². The number of aliphatic hydroxyl groups excluding tert-OH is 1. The molecule has 124 valence electrons. The maximum absolute atomic E-state index is 12.7. The van der Waals surface area contributed by atoms with Gasteiger partial charge in [-0.2, -0.15) is 0 Å². The Morgan fingerprint density at radius 3 is 2.70 bits per heavy atom. The minimum atomic E-state index is -0.958. The molecular formula is C17H23N3O3. The van der Waals surface area contributed by atoms with Gasteiger partial charge in [0, 0.05) is 31.5 Å². The second-order valence-corrected chi connectivity index (χ2v) is 6.38. The smallest absolute Gasteiger partial charge is 0.251 e. The molecule has 3 rings (SSSR count). The normalized spacial score (nSPS) is 21.9. The Labute approximate surface area is 136 Å². The van der Waals surface area contributed by atoms with Gasteiger partial charge in [-0.3, -0.25) is 14.6 Å². The third-order valence-electron chi connectivity index (χ3n) is 4.49. The first-order valence-corrected chi connectivity index (χ1v) is 8.30. The predicted molar refractivity (Wildman–Crippen MR) is 84.2 cm³/mol. The maximum atomic E-state index is 12.7. The maximum Gasteiger partial charge on any atom is 0.251 e. The number of nitrogens with zero attached hydrogens (tertiary/aromatic N) is 3. The Hall–Kier alpha value is -1.95. The van der Waals surface area contributed by atoms with Crippen LogP contribution in [0.25, 0.3) is 0 Å². The molecule has 1 unspecified atom stereocenters. The Morgan fingerprint density at radius 2 is 2.00 bits per heavy atom. The molecule has 2 heterocycles. The highest BCUT2D eigenvalue weighted by atomic mass is 16.3. The molecule has 0 spiro atoms. The van der Waals surface area contributed by atoms with Crippen molar-refractivity contribution in [2.24, 2.45) is 0 Å². The summed E-state index contributed by atoms with van der Waals surface area (Å²) in [7, 11) is 0. The minimum Gasteiger partial charge on any atom is -0.383 e. The summed E-state index contributed by atoms with van der Waals surface area (Å²) < 4.78 is 0. The van der Waals surface area contributed by atoms with Crippen LogP contribution in [0.1, 0.15) is 37.7 Å². The molecule has 6 nitrogen and oxygen atoms in total. The number of amides is 2. The van der Waals surface area contributed by atoms with E-state index in [2.05, 4.69) is 4.98 Å². The Kier molecular flexibility index (Phi) is 4.91. The van der Waals surface area contributed by atoms with Crippen molar-refractivity contribution >= 4 is 11.8 Å². The highest BCUT2D eigenvalue weighted by Crippen LogP contribution is 2.28. The van der Waals surface area contributed by atoms with Gasteiger partial charge < -0.3 is 14.9 Å².